The van der Waals surface area contributed by atoms with Crippen molar-refractivity contribution in [3.05, 3.63) is 59.7 Å². The van der Waals surface area contributed by atoms with Crippen LogP contribution in [-0.2, 0) is 31.1 Å². The van der Waals surface area contributed by atoms with Crippen molar-refractivity contribution in [3.63, 3.8) is 0 Å². The van der Waals surface area contributed by atoms with Crippen molar-refractivity contribution in [2.45, 2.75) is 39.0 Å². The Hall–Kier alpha value is -3.18. The van der Waals surface area contributed by atoms with Crippen LogP contribution in [0.25, 0.3) is 0 Å². The Morgan fingerprint density at radius 3 is 2.78 bits per heavy atom. The minimum Gasteiger partial charge on any atom is -0.383 e. The molecule has 1 atom stereocenters. The lowest BCUT2D eigenvalue weighted by Gasteiger charge is -2.31. The normalized spacial score (nSPS) is 16.6. The molecule has 11 heteroatoms. The molecule has 0 spiro atoms. The summed E-state index contributed by atoms with van der Waals surface area (Å²) >= 11 is 0. The maximum atomic E-state index is 14.0. The third kappa shape index (κ3) is 6.98. The highest BCUT2D eigenvalue weighted by molar-refractivity contribution is 5.63. The second-order valence-corrected chi connectivity index (χ2v) is 9.61. The number of methoxy groups -OCH3 is 1. The lowest BCUT2D eigenvalue weighted by molar-refractivity contribution is -0.138. The summed E-state index contributed by atoms with van der Waals surface area (Å²) in [5.41, 5.74) is 1.35. The Balaban J connectivity index is 1.51. The van der Waals surface area contributed by atoms with E-state index in [2.05, 4.69) is 32.3 Å². The molecular formula is C26H34F3N7O. The number of benzene rings is 1. The molecule has 0 bridgehead atoms. The molecule has 2 aromatic heterocycles. The van der Waals surface area contributed by atoms with E-state index in [1.807, 2.05) is 36.2 Å². The van der Waals surface area contributed by atoms with Gasteiger partial charge in [0.2, 0.25) is 5.95 Å². The van der Waals surface area contributed by atoms with Gasteiger partial charge in [0, 0.05) is 51.4 Å². The number of hydrogen-bond donors (Lipinski definition) is 1. The number of rotatable bonds is 10. The van der Waals surface area contributed by atoms with Crippen LogP contribution >= 0.6 is 0 Å². The third-order valence-electron chi connectivity index (χ3n) is 6.55. The van der Waals surface area contributed by atoms with E-state index in [4.69, 9.17) is 4.74 Å². The topological polar surface area (TPSA) is 71.3 Å². The minimum absolute atomic E-state index is 0.0294. The molecule has 1 aliphatic heterocycles. The Labute approximate surface area is 215 Å². The molecule has 1 saturated heterocycles. The lowest BCUT2D eigenvalue weighted by atomic mass is 9.99. The Kier molecular flexibility index (Phi) is 8.65. The van der Waals surface area contributed by atoms with E-state index >= 15 is 0 Å². The highest BCUT2D eigenvalue weighted by Crippen LogP contribution is 2.33. The van der Waals surface area contributed by atoms with Crippen LogP contribution in [0.5, 0.6) is 0 Å². The maximum absolute atomic E-state index is 14.0. The van der Waals surface area contributed by atoms with Gasteiger partial charge in [0.1, 0.15) is 6.33 Å². The summed E-state index contributed by atoms with van der Waals surface area (Å²) in [5.74, 6) is 1.19. The van der Waals surface area contributed by atoms with Crippen molar-refractivity contribution in [1.29, 1.82) is 0 Å². The van der Waals surface area contributed by atoms with Gasteiger partial charge in [-0.05, 0) is 55.1 Å². The molecule has 0 saturated carbocycles. The van der Waals surface area contributed by atoms with E-state index in [-0.39, 0.29) is 12.2 Å². The monoisotopic (exact) mass is 517 g/mol. The van der Waals surface area contributed by atoms with Crippen LogP contribution in [0.4, 0.5) is 30.5 Å². The summed E-state index contributed by atoms with van der Waals surface area (Å²) in [6.07, 6.45) is 0.928. The van der Waals surface area contributed by atoms with Gasteiger partial charge in [-0.3, -0.25) is 9.88 Å². The summed E-state index contributed by atoms with van der Waals surface area (Å²) in [5, 5.41) is 11.3. The molecule has 8 nitrogen and oxygen atoms in total. The first kappa shape index (κ1) is 26.9. The number of nitrogens with zero attached hydrogens (tertiary/aromatic N) is 6. The summed E-state index contributed by atoms with van der Waals surface area (Å²) in [6, 6.07) is 8.68. The zero-order valence-corrected chi connectivity index (χ0v) is 21.5. The fourth-order valence-corrected chi connectivity index (χ4v) is 4.72. The van der Waals surface area contributed by atoms with Crippen molar-refractivity contribution < 1.29 is 17.9 Å². The average Bonchev–Trinajstić information content (AvgIpc) is 3.29. The number of halogens is 3. The minimum atomic E-state index is -4.49. The zero-order valence-electron chi connectivity index (χ0n) is 21.5. The highest BCUT2D eigenvalue weighted by atomic mass is 19.4. The quantitative estimate of drug-likeness (QED) is 0.412. The average molecular weight is 518 g/mol. The Morgan fingerprint density at radius 2 is 2.08 bits per heavy atom. The van der Waals surface area contributed by atoms with E-state index in [1.165, 1.54) is 6.07 Å². The molecule has 3 aromatic rings. The van der Waals surface area contributed by atoms with Gasteiger partial charge in [-0.1, -0.05) is 13.0 Å². The standard InChI is InChI=1S/C26H34F3N7O/c1-19-6-5-9-35(16-19)17-20-12-23(26(27,28)29)24(31-14-20)15-30-21-7-4-8-22(13-21)36(10-11-37-3)25-33-32-18-34(25)2/h4,7-8,12-14,18-19,30H,5-6,9-11,15-17H2,1-3H3/t19-/m0/s1. The van der Waals surface area contributed by atoms with Crippen molar-refractivity contribution in [2.75, 3.05) is 43.6 Å². The number of anilines is 3. The second-order valence-electron chi connectivity index (χ2n) is 9.61. The molecule has 0 amide bonds. The van der Waals surface area contributed by atoms with Crippen molar-refractivity contribution in [3.8, 4) is 0 Å². The molecule has 1 aliphatic rings. The molecule has 1 N–H and O–H groups in total. The number of pyridine rings is 1. The Bertz CT molecular complexity index is 1170. The van der Waals surface area contributed by atoms with Crippen molar-refractivity contribution in [1.82, 2.24) is 24.6 Å². The molecule has 0 radical (unpaired) electrons. The van der Waals surface area contributed by atoms with Crippen LogP contribution in [0.3, 0.4) is 0 Å². The molecule has 0 unspecified atom stereocenters. The third-order valence-corrected chi connectivity index (χ3v) is 6.55. The van der Waals surface area contributed by atoms with E-state index < -0.39 is 11.7 Å². The van der Waals surface area contributed by atoms with Crippen LogP contribution in [-0.4, -0.2) is 58.0 Å². The van der Waals surface area contributed by atoms with E-state index in [1.54, 1.807) is 24.2 Å². The summed E-state index contributed by atoms with van der Waals surface area (Å²) < 4.78 is 48.9. The molecule has 37 heavy (non-hydrogen) atoms. The molecular weight excluding hydrogens is 483 g/mol. The SMILES string of the molecule is COCCN(c1cccc(NCc2ncc(CN3CCC[C@H](C)C3)cc2C(F)(F)F)c1)c1nncn1C. The fraction of sp³-hybridized carbons (Fsp3) is 0.500. The molecule has 0 aliphatic carbocycles. The summed E-state index contributed by atoms with van der Waals surface area (Å²) in [7, 11) is 3.47. The van der Waals surface area contributed by atoms with Gasteiger partial charge >= 0.3 is 6.18 Å². The van der Waals surface area contributed by atoms with E-state index in [0.29, 0.717) is 42.8 Å². The van der Waals surface area contributed by atoms with Crippen molar-refractivity contribution >= 4 is 17.3 Å². The molecule has 1 fully saturated rings. The van der Waals surface area contributed by atoms with Gasteiger partial charge in [0.05, 0.1) is 24.4 Å². The smallest absolute Gasteiger partial charge is 0.383 e. The molecule has 3 heterocycles. The van der Waals surface area contributed by atoms with Gasteiger partial charge in [-0.2, -0.15) is 13.2 Å². The summed E-state index contributed by atoms with van der Waals surface area (Å²) in [4.78, 5) is 8.39. The fourth-order valence-electron chi connectivity index (χ4n) is 4.72. The first-order chi connectivity index (χ1) is 17.7. The zero-order chi connectivity index (χ0) is 26.4. The van der Waals surface area contributed by atoms with Gasteiger partial charge < -0.3 is 19.5 Å². The van der Waals surface area contributed by atoms with Crippen LogP contribution < -0.4 is 10.2 Å². The van der Waals surface area contributed by atoms with Gasteiger partial charge in [0.15, 0.2) is 0 Å². The van der Waals surface area contributed by atoms with E-state index in [9.17, 15) is 13.2 Å². The number of likely N-dealkylation sites (tertiary alicyclic amines) is 1. The van der Waals surface area contributed by atoms with Gasteiger partial charge in [-0.15, -0.1) is 10.2 Å². The number of aryl methyl sites for hydroxylation is 1. The number of hydrogen-bond acceptors (Lipinski definition) is 7. The van der Waals surface area contributed by atoms with Gasteiger partial charge in [-0.25, -0.2) is 0 Å². The number of ether oxygens (including phenoxy) is 1. The number of alkyl halides is 3. The van der Waals surface area contributed by atoms with E-state index in [0.717, 1.165) is 31.6 Å². The lowest BCUT2D eigenvalue weighted by Crippen LogP contribution is -2.33. The first-order valence-corrected chi connectivity index (χ1v) is 12.5. The van der Waals surface area contributed by atoms with Crippen LogP contribution in [0.15, 0.2) is 42.9 Å². The molecule has 1 aromatic carbocycles. The maximum Gasteiger partial charge on any atom is 0.418 e. The number of aromatic nitrogens is 4. The number of nitrogens with one attached hydrogen (secondary N) is 1. The second kappa shape index (κ2) is 11.9. The predicted molar refractivity (Wildman–Crippen MR) is 137 cm³/mol. The number of piperidine rings is 1. The van der Waals surface area contributed by atoms with Crippen molar-refractivity contribution in [2.24, 2.45) is 13.0 Å². The van der Waals surface area contributed by atoms with Crippen LogP contribution in [0.1, 0.15) is 36.6 Å². The first-order valence-electron chi connectivity index (χ1n) is 12.5. The predicted octanol–water partition coefficient (Wildman–Crippen LogP) is 4.86. The van der Waals surface area contributed by atoms with Crippen LogP contribution in [0.2, 0.25) is 0 Å². The highest BCUT2D eigenvalue weighted by Gasteiger charge is 2.34. The van der Waals surface area contributed by atoms with Gasteiger partial charge in [0.25, 0.3) is 0 Å². The Morgan fingerprint density at radius 1 is 1.24 bits per heavy atom. The molecule has 200 valence electrons. The largest absolute Gasteiger partial charge is 0.418 e. The van der Waals surface area contributed by atoms with Crippen LogP contribution in [0, 0.1) is 5.92 Å². The summed E-state index contributed by atoms with van der Waals surface area (Å²) in [6.45, 7) is 5.41. The molecule has 4 rings (SSSR count).